The van der Waals surface area contributed by atoms with Crippen LogP contribution in [0.4, 0.5) is 4.79 Å². The summed E-state index contributed by atoms with van der Waals surface area (Å²) < 4.78 is 10.9. The molecule has 0 unspecified atom stereocenters. The molecule has 0 aromatic heterocycles. The van der Waals surface area contributed by atoms with Gasteiger partial charge in [0.05, 0.1) is 12.6 Å². The molecule has 7 nitrogen and oxygen atoms in total. The number of amides is 1. The Morgan fingerprint density at radius 1 is 1.14 bits per heavy atom. The van der Waals surface area contributed by atoms with E-state index in [1.807, 2.05) is 46.8 Å². The number of carbonyl (C=O) groups excluding carboxylic acids is 1. The Kier molecular flexibility index (Phi) is 7.03. The van der Waals surface area contributed by atoms with Crippen molar-refractivity contribution in [1.29, 1.82) is 0 Å². The predicted octanol–water partition coefficient (Wildman–Crippen LogP) is 3.20. The molecule has 1 fully saturated rings. The Morgan fingerprint density at radius 2 is 1.79 bits per heavy atom. The number of rotatable bonds is 7. The molecule has 0 bridgehead atoms. The smallest absolute Gasteiger partial charge is 0.408 e. The highest BCUT2D eigenvalue weighted by Crippen LogP contribution is 2.50. The van der Waals surface area contributed by atoms with Crippen LogP contribution in [-0.2, 0) is 10.2 Å². The first kappa shape index (κ1) is 22.8. The number of aliphatic imine (C=N–C) groups is 1. The SMILES string of the molecule is CN=C(NCC(C)(C)NC(=O)OC(C)(C)C)NCC1(c2ccccc2OC)CC1. The van der Waals surface area contributed by atoms with E-state index in [2.05, 4.69) is 33.1 Å². The van der Waals surface area contributed by atoms with Gasteiger partial charge < -0.3 is 25.4 Å². The number of ether oxygens (including phenoxy) is 2. The lowest BCUT2D eigenvalue weighted by molar-refractivity contribution is 0.0474. The number of methoxy groups -OCH3 is 1. The lowest BCUT2D eigenvalue weighted by Crippen LogP contribution is -2.54. The van der Waals surface area contributed by atoms with E-state index in [1.54, 1.807) is 14.2 Å². The van der Waals surface area contributed by atoms with Crippen molar-refractivity contribution in [1.82, 2.24) is 16.0 Å². The maximum atomic E-state index is 12.1. The van der Waals surface area contributed by atoms with Gasteiger partial charge in [-0.05, 0) is 53.5 Å². The van der Waals surface area contributed by atoms with Gasteiger partial charge in [0.2, 0.25) is 0 Å². The summed E-state index contributed by atoms with van der Waals surface area (Å²) in [5, 5.41) is 9.62. The summed E-state index contributed by atoms with van der Waals surface area (Å²) in [5.74, 6) is 1.63. The van der Waals surface area contributed by atoms with E-state index in [4.69, 9.17) is 9.47 Å². The Balaban J connectivity index is 1.89. The van der Waals surface area contributed by atoms with Crippen LogP contribution < -0.4 is 20.7 Å². The maximum Gasteiger partial charge on any atom is 0.408 e. The van der Waals surface area contributed by atoms with Crippen LogP contribution in [-0.4, -0.2) is 50.4 Å². The number of nitrogens with one attached hydrogen (secondary N) is 3. The normalized spacial score (nSPS) is 16.0. The number of hydrogen-bond acceptors (Lipinski definition) is 4. The zero-order valence-corrected chi connectivity index (χ0v) is 18.8. The van der Waals surface area contributed by atoms with Crippen molar-refractivity contribution in [3.63, 3.8) is 0 Å². The fraction of sp³-hybridized carbons (Fsp3) is 0.636. The number of hydrogen-bond donors (Lipinski definition) is 3. The van der Waals surface area contributed by atoms with Gasteiger partial charge in [-0.15, -0.1) is 0 Å². The van der Waals surface area contributed by atoms with Gasteiger partial charge in [-0.25, -0.2) is 4.79 Å². The molecule has 2 rings (SSSR count). The van der Waals surface area contributed by atoms with E-state index in [0.717, 1.165) is 25.1 Å². The largest absolute Gasteiger partial charge is 0.496 e. The first-order valence-corrected chi connectivity index (χ1v) is 10.1. The fourth-order valence-electron chi connectivity index (χ4n) is 3.18. The van der Waals surface area contributed by atoms with E-state index in [1.165, 1.54) is 5.56 Å². The average molecular weight is 405 g/mol. The van der Waals surface area contributed by atoms with Crippen LogP contribution in [0.15, 0.2) is 29.3 Å². The van der Waals surface area contributed by atoms with Crippen LogP contribution in [0, 0.1) is 0 Å². The molecule has 1 aromatic carbocycles. The zero-order chi connectivity index (χ0) is 21.7. The first-order valence-electron chi connectivity index (χ1n) is 10.1. The van der Waals surface area contributed by atoms with Crippen LogP contribution in [0.2, 0.25) is 0 Å². The quantitative estimate of drug-likeness (QED) is 0.480. The second-order valence-corrected chi connectivity index (χ2v) is 9.27. The standard InChI is InChI=1S/C22H36N4O3/c1-20(2,3)29-19(27)26-21(4,5)14-24-18(23-6)25-15-22(12-13-22)16-10-8-9-11-17(16)28-7/h8-11H,12-15H2,1-7H3,(H,26,27)(H2,23,24,25). The van der Waals surface area contributed by atoms with Crippen molar-refractivity contribution in [3.8, 4) is 5.75 Å². The zero-order valence-electron chi connectivity index (χ0n) is 18.8. The van der Waals surface area contributed by atoms with Crippen molar-refractivity contribution in [2.24, 2.45) is 4.99 Å². The van der Waals surface area contributed by atoms with Gasteiger partial charge in [0, 0.05) is 31.1 Å². The lowest BCUT2D eigenvalue weighted by atomic mass is 9.95. The molecule has 3 N–H and O–H groups in total. The summed E-state index contributed by atoms with van der Waals surface area (Å²) in [6.45, 7) is 10.7. The minimum atomic E-state index is -0.526. The van der Waals surface area contributed by atoms with Crippen molar-refractivity contribution >= 4 is 12.1 Å². The van der Waals surface area contributed by atoms with Crippen molar-refractivity contribution < 1.29 is 14.3 Å². The van der Waals surface area contributed by atoms with Gasteiger partial charge in [-0.2, -0.15) is 0 Å². The topological polar surface area (TPSA) is 84.0 Å². The molecule has 0 heterocycles. The van der Waals surface area contributed by atoms with E-state index in [0.29, 0.717) is 12.5 Å². The van der Waals surface area contributed by atoms with Gasteiger partial charge in [0.25, 0.3) is 0 Å². The van der Waals surface area contributed by atoms with Crippen molar-refractivity contribution in [2.45, 2.75) is 64.0 Å². The highest BCUT2D eigenvalue weighted by molar-refractivity contribution is 5.80. The highest BCUT2D eigenvalue weighted by atomic mass is 16.6. The van der Waals surface area contributed by atoms with Gasteiger partial charge in [0.1, 0.15) is 11.4 Å². The minimum absolute atomic E-state index is 0.0779. The number of para-hydroxylation sites is 1. The number of benzene rings is 1. The molecule has 1 saturated carbocycles. The minimum Gasteiger partial charge on any atom is -0.496 e. The second-order valence-electron chi connectivity index (χ2n) is 9.27. The molecule has 1 aromatic rings. The summed E-state index contributed by atoms with van der Waals surface area (Å²) in [6.07, 6.45) is 1.80. The first-order chi connectivity index (χ1) is 13.5. The van der Waals surface area contributed by atoms with Crippen LogP contribution >= 0.6 is 0 Å². The molecule has 7 heteroatoms. The fourth-order valence-corrected chi connectivity index (χ4v) is 3.18. The van der Waals surface area contributed by atoms with Crippen molar-refractivity contribution in [2.75, 3.05) is 27.2 Å². The predicted molar refractivity (Wildman–Crippen MR) is 117 cm³/mol. The number of carbonyl (C=O) groups is 1. The Morgan fingerprint density at radius 3 is 2.34 bits per heavy atom. The van der Waals surface area contributed by atoms with Crippen LogP contribution in [0.1, 0.15) is 53.0 Å². The Bertz CT molecular complexity index is 734. The Hall–Kier alpha value is -2.44. The molecular formula is C22H36N4O3. The molecule has 162 valence electrons. The van der Waals surface area contributed by atoms with Crippen LogP contribution in [0.5, 0.6) is 5.75 Å². The molecule has 0 saturated heterocycles. The summed E-state index contributed by atoms with van der Waals surface area (Å²) in [4.78, 5) is 16.4. The summed E-state index contributed by atoms with van der Waals surface area (Å²) >= 11 is 0. The molecule has 29 heavy (non-hydrogen) atoms. The molecule has 0 atom stereocenters. The molecule has 1 aliphatic carbocycles. The van der Waals surface area contributed by atoms with E-state index in [-0.39, 0.29) is 5.41 Å². The molecule has 0 spiro atoms. The van der Waals surface area contributed by atoms with Gasteiger partial charge in [-0.1, -0.05) is 18.2 Å². The van der Waals surface area contributed by atoms with Crippen molar-refractivity contribution in [3.05, 3.63) is 29.8 Å². The number of nitrogens with zero attached hydrogens (tertiary/aromatic N) is 1. The van der Waals surface area contributed by atoms with E-state index < -0.39 is 17.2 Å². The second kappa shape index (κ2) is 8.93. The Labute approximate surface area is 174 Å². The maximum absolute atomic E-state index is 12.1. The molecule has 0 aliphatic heterocycles. The number of guanidine groups is 1. The number of alkyl carbamates (subject to hydrolysis) is 1. The monoisotopic (exact) mass is 404 g/mol. The molecule has 1 amide bonds. The molecule has 1 aliphatic rings. The summed E-state index contributed by atoms with van der Waals surface area (Å²) in [6, 6.07) is 8.19. The van der Waals surface area contributed by atoms with E-state index >= 15 is 0 Å². The van der Waals surface area contributed by atoms with E-state index in [9.17, 15) is 4.79 Å². The summed E-state index contributed by atoms with van der Waals surface area (Å²) in [7, 11) is 3.45. The van der Waals surface area contributed by atoms with Gasteiger partial charge in [0.15, 0.2) is 5.96 Å². The third-order valence-electron chi connectivity index (χ3n) is 4.89. The van der Waals surface area contributed by atoms with Gasteiger partial charge in [-0.3, -0.25) is 4.99 Å². The van der Waals surface area contributed by atoms with Crippen LogP contribution in [0.3, 0.4) is 0 Å². The third-order valence-corrected chi connectivity index (χ3v) is 4.89. The average Bonchev–Trinajstić information content (AvgIpc) is 3.40. The third kappa shape index (κ3) is 6.84. The molecule has 0 radical (unpaired) electrons. The van der Waals surface area contributed by atoms with Gasteiger partial charge >= 0.3 is 6.09 Å². The highest BCUT2D eigenvalue weighted by Gasteiger charge is 2.46. The molecular weight excluding hydrogens is 368 g/mol. The lowest BCUT2D eigenvalue weighted by Gasteiger charge is -2.29. The van der Waals surface area contributed by atoms with Crippen LogP contribution in [0.25, 0.3) is 0 Å². The summed E-state index contributed by atoms with van der Waals surface area (Å²) in [5.41, 5.74) is 0.286.